The van der Waals surface area contributed by atoms with E-state index in [9.17, 15) is 0 Å². The molecule has 2 nitrogen and oxygen atoms in total. The van der Waals surface area contributed by atoms with E-state index in [1.165, 1.54) is 11.8 Å². The molecule has 76 valence electrons. The maximum absolute atomic E-state index is 5.31. The summed E-state index contributed by atoms with van der Waals surface area (Å²) in [7, 11) is 1.58. The molecule has 13 heavy (non-hydrogen) atoms. The van der Waals surface area contributed by atoms with Crippen LogP contribution in [0.3, 0.4) is 0 Å². The third kappa shape index (κ3) is 5.93. The number of thioether (sulfide) groups is 1. The summed E-state index contributed by atoms with van der Waals surface area (Å²) in [5.74, 6) is 1.49. The Morgan fingerprint density at radius 3 is 2.38 bits per heavy atom. The largest absolute Gasteiger partial charge is 0.468 e. The summed E-state index contributed by atoms with van der Waals surface area (Å²) in [6, 6.07) is 0. The van der Waals surface area contributed by atoms with Crippen molar-refractivity contribution in [1.82, 2.24) is 0 Å². The molecule has 0 saturated carbocycles. The van der Waals surface area contributed by atoms with Crippen molar-refractivity contribution in [3.8, 4) is 0 Å². The molecule has 0 aromatic heterocycles. The zero-order valence-electron chi connectivity index (χ0n) is 8.55. The highest BCUT2D eigenvalue weighted by atomic mass is 32.2. The first-order valence-corrected chi connectivity index (χ1v) is 5.57. The number of ether oxygens (including phenoxy) is 2. The molecular formula is C9H16O2S2. The van der Waals surface area contributed by atoms with Gasteiger partial charge >= 0.3 is 0 Å². The van der Waals surface area contributed by atoms with E-state index in [2.05, 4.69) is 6.92 Å². The second-order valence-electron chi connectivity index (χ2n) is 2.69. The second-order valence-corrected chi connectivity index (χ2v) is 4.39. The topological polar surface area (TPSA) is 18.5 Å². The van der Waals surface area contributed by atoms with E-state index in [4.69, 9.17) is 21.7 Å². The number of methoxy groups -OCH3 is 1. The van der Waals surface area contributed by atoms with Gasteiger partial charge in [-0.25, -0.2) is 0 Å². The van der Waals surface area contributed by atoms with E-state index < -0.39 is 0 Å². The Labute approximate surface area is 89.7 Å². The number of allylic oxidation sites excluding steroid dienone is 1. The summed E-state index contributed by atoms with van der Waals surface area (Å²) in [6.07, 6.45) is 1.09. The van der Waals surface area contributed by atoms with E-state index in [1.807, 2.05) is 13.8 Å². The van der Waals surface area contributed by atoms with E-state index in [0.29, 0.717) is 10.3 Å². The Morgan fingerprint density at radius 2 is 2.00 bits per heavy atom. The quantitative estimate of drug-likeness (QED) is 0.534. The SMILES string of the molecule is CCCSC(=S)OC(OC)=C(C)C. The lowest BCUT2D eigenvalue weighted by molar-refractivity contribution is 0.145. The molecule has 0 bridgehead atoms. The predicted molar refractivity (Wildman–Crippen MR) is 61.8 cm³/mol. The zero-order chi connectivity index (χ0) is 10.3. The van der Waals surface area contributed by atoms with Gasteiger partial charge in [0.2, 0.25) is 4.38 Å². The minimum absolute atomic E-state index is 0.508. The number of thiocarbonyl (C=S) groups is 1. The summed E-state index contributed by atoms with van der Waals surface area (Å²) in [5.41, 5.74) is 0.988. The Kier molecular flexibility index (Phi) is 7.09. The van der Waals surface area contributed by atoms with Crippen molar-refractivity contribution in [2.75, 3.05) is 12.9 Å². The van der Waals surface area contributed by atoms with Gasteiger partial charge in [-0.15, -0.1) is 0 Å². The smallest absolute Gasteiger partial charge is 0.284 e. The third-order valence-corrected chi connectivity index (χ3v) is 2.56. The minimum Gasteiger partial charge on any atom is -0.468 e. The summed E-state index contributed by atoms with van der Waals surface area (Å²) in [6.45, 7) is 5.95. The molecule has 0 amide bonds. The molecule has 0 atom stereocenters. The van der Waals surface area contributed by atoms with Crippen LogP contribution in [-0.2, 0) is 9.47 Å². The van der Waals surface area contributed by atoms with E-state index in [0.717, 1.165) is 17.7 Å². The molecule has 0 aliphatic heterocycles. The van der Waals surface area contributed by atoms with Crippen molar-refractivity contribution in [2.45, 2.75) is 27.2 Å². The summed E-state index contributed by atoms with van der Waals surface area (Å²) >= 11 is 6.54. The minimum atomic E-state index is 0.508. The first kappa shape index (κ1) is 12.8. The first-order valence-electron chi connectivity index (χ1n) is 4.17. The number of hydrogen-bond donors (Lipinski definition) is 0. The predicted octanol–water partition coefficient (Wildman–Crippen LogP) is 3.33. The molecule has 0 radical (unpaired) electrons. The third-order valence-electron chi connectivity index (χ3n) is 1.19. The monoisotopic (exact) mass is 220 g/mol. The number of rotatable bonds is 4. The standard InChI is InChI=1S/C9H16O2S2/c1-5-6-13-9(12)11-8(10-4)7(2)3/h5-6H2,1-4H3. The van der Waals surface area contributed by atoms with Gasteiger partial charge in [0.15, 0.2) is 0 Å². The fourth-order valence-corrected chi connectivity index (χ4v) is 1.47. The molecule has 0 saturated heterocycles. The van der Waals surface area contributed by atoms with Crippen LogP contribution in [0.25, 0.3) is 0 Å². The van der Waals surface area contributed by atoms with Crippen LogP contribution in [-0.4, -0.2) is 17.2 Å². The van der Waals surface area contributed by atoms with Gasteiger partial charge in [0.05, 0.1) is 7.11 Å². The molecule has 0 spiro atoms. The zero-order valence-corrected chi connectivity index (χ0v) is 10.2. The summed E-state index contributed by atoms with van der Waals surface area (Å²) < 4.78 is 10.9. The van der Waals surface area contributed by atoms with Crippen molar-refractivity contribution < 1.29 is 9.47 Å². The van der Waals surface area contributed by atoms with Crippen LogP contribution in [0.15, 0.2) is 11.5 Å². The van der Waals surface area contributed by atoms with Crippen molar-refractivity contribution in [1.29, 1.82) is 0 Å². The fourth-order valence-electron chi connectivity index (χ4n) is 0.638. The highest BCUT2D eigenvalue weighted by Gasteiger charge is 2.04. The van der Waals surface area contributed by atoms with Crippen molar-refractivity contribution in [3.63, 3.8) is 0 Å². The van der Waals surface area contributed by atoms with Gasteiger partial charge < -0.3 is 9.47 Å². The Hall–Kier alpha value is -0.220. The Bertz CT molecular complexity index is 196. The molecule has 0 heterocycles. The summed E-state index contributed by atoms with van der Waals surface area (Å²) in [5, 5.41) is 0. The lowest BCUT2D eigenvalue weighted by Crippen LogP contribution is -2.01. The first-order chi connectivity index (χ1) is 6.11. The molecule has 0 aromatic carbocycles. The van der Waals surface area contributed by atoms with Gasteiger partial charge in [-0.3, -0.25) is 0 Å². The number of hydrogen-bond acceptors (Lipinski definition) is 4. The fraction of sp³-hybridized carbons (Fsp3) is 0.667. The van der Waals surface area contributed by atoms with Gasteiger partial charge in [-0.2, -0.15) is 0 Å². The highest BCUT2D eigenvalue weighted by Crippen LogP contribution is 2.14. The van der Waals surface area contributed by atoms with Crippen LogP contribution in [0.1, 0.15) is 27.2 Å². The van der Waals surface area contributed by atoms with E-state index in [1.54, 1.807) is 7.11 Å². The van der Waals surface area contributed by atoms with Crippen LogP contribution < -0.4 is 0 Å². The lowest BCUT2D eigenvalue weighted by atomic mass is 10.4. The Morgan fingerprint density at radius 1 is 1.38 bits per heavy atom. The maximum atomic E-state index is 5.31. The van der Waals surface area contributed by atoms with Crippen molar-refractivity contribution in [3.05, 3.63) is 11.5 Å². The highest BCUT2D eigenvalue weighted by molar-refractivity contribution is 8.22. The maximum Gasteiger partial charge on any atom is 0.284 e. The van der Waals surface area contributed by atoms with Gasteiger partial charge in [0.25, 0.3) is 5.95 Å². The van der Waals surface area contributed by atoms with Crippen molar-refractivity contribution in [2.24, 2.45) is 0 Å². The summed E-state index contributed by atoms with van der Waals surface area (Å²) in [4.78, 5) is 0. The molecule has 0 aliphatic rings. The normalized spacial score (nSPS) is 9.23. The molecule has 4 heteroatoms. The molecule has 0 rings (SSSR count). The van der Waals surface area contributed by atoms with Crippen LogP contribution in [0.5, 0.6) is 0 Å². The van der Waals surface area contributed by atoms with Gasteiger partial charge in [0, 0.05) is 11.3 Å². The van der Waals surface area contributed by atoms with Crippen molar-refractivity contribution >= 4 is 28.4 Å². The van der Waals surface area contributed by atoms with Crippen LogP contribution in [0.4, 0.5) is 0 Å². The van der Waals surface area contributed by atoms with E-state index in [-0.39, 0.29) is 0 Å². The molecule has 0 aromatic rings. The lowest BCUT2D eigenvalue weighted by Gasteiger charge is -2.09. The van der Waals surface area contributed by atoms with Crippen LogP contribution >= 0.6 is 24.0 Å². The van der Waals surface area contributed by atoms with Gasteiger partial charge in [0.1, 0.15) is 0 Å². The molecule has 0 N–H and O–H groups in total. The van der Waals surface area contributed by atoms with Gasteiger partial charge in [-0.05, 0) is 32.5 Å². The van der Waals surface area contributed by atoms with Gasteiger partial charge in [-0.1, -0.05) is 18.7 Å². The molecule has 0 fully saturated rings. The van der Waals surface area contributed by atoms with Crippen LogP contribution in [0.2, 0.25) is 0 Å². The average molecular weight is 220 g/mol. The average Bonchev–Trinajstić information content (AvgIpc) is 2.10. The Balaban J connectivity index is 3.96. The molecule has 0 aliphatic carbocycles. The second kappa shape index (κ2) is 7.21. The molecule has 0 unspecified atom stereocenters. The van der Waals surface area contributed by atoms with Crippen LogP contribution in [0, 0.1) is 0 Å². The molecular weight excluding hydrogens is 204 g/mol. The van der Waals surface area contributed by atoms with E-state index >= 15 is 0 Å².